The van der Waals surface area contributed by atoms with E-state index in [0.29, 0.717) is 0 Å². The van der Waals surface area contributed by atoms with Crippen LogP contribution in [0.15, 0.2) is 0 Å². The van der Waals surface area contributed by atoms with E-state index in [4.69, 9.17) is 5.73 Å². The molecule has 0 aliphatic rings. The van der Waals surface area contributed by atoms with Crippen LogP contribution in [0, 0.1) is 0 Å². The summed E-state index contributed by atoms with van der Waals surface area (Å²) in [7, 11) is 0. The molecule has 2 N–H and O–H groups in total. The van der Waals surface area contributed by atoms with E-state index in [0.717, 1.165) is 6.54 Å². The van der Waals surface area contributed by atoms with Gasteiger partial charge in [0.2, 0.25) is 0 Å². The number of hydrogen-bond donors (Lipinski definition) is 1. The molecule has 0 heterocycles. The number of rotatable bonds is 0. The maximum absolute atomic E-state index is 4.85. The van der Waals surface area contributed by atoms with Gasteiger partial charge in [-0.3, -0.25) is 0 Å². The predicted molar refractivity (Wildman–Crippen MR) is 20.5 cm³/mol. The van der Waals surface area contributed by atoms with E-state index in [-0.39, 0.29) is 45.6 Å². The zero-order valence-electron chi connectivity index (χ0n) is 4.00. The van der Waals surface area contributed by atoms with Crippen LogP contribution in [0.1, 0.15) is 6.92 Å². The second-order valence-corrected chi connectivity index (χ2v) is 0.408. The van der Waals surface area contributed by atoms with E-state index in [1.807, 2.05) is 6.92 Å². The molecule has 0 fully saturated rings. The Labute approximate surface area is 65.2 Å². The van der Waals surface area contributed by atoms with E-state index >= 15 is 0 Å². The minimum absolute atomic E-state index is 0. The van der Waals surface area contributed by atoms with Crippen LogP contribution in [-0.2, 0) is 0 Å². The molecule has 0 bridgehead atoms. The molecule has 0 aliphatic heterocycles. The van der Waals surface area contributed by atoms with Crippen LogP contribution in [-0.4, -0.2) is 15.0 Å². The third-order valence-corrected chi connectivity index (χ3v) is 0. The molecule has 0 saturated heterocycles. The Morgan fingerprint density at radius 2 is 1.14 bits per heavy atom. The average Bonchev–Trinajstić information content (AvgIpc) is 0.918. The van der Waals surface area contributed by atoms with Crippen molar-refractivity contribution in [3.05, 3.63) is 0 Å². The van der Waals surface area contributed by atoms with Crippen LogP contribution in [0.5, 0.6) is 0 Å². The Morgan fingerprint density at radius 3 is 1.14 bits per heavy atom. The van der Waals surface area contributed by atoms with Crippen LogP contribution in [0.4, 0.5) is 0 Å². The van der Waals surface area contributed by atoms with Gasteiger partial charge in [0.1, 0.15) is 0 Å². The first kappa shape index (κ1) is 44.8. The average molecular weight is 162 g/mol. The standard InChI is InChI=1S/C2H7N.B.3ClH/c1-2-3;;;;/h2-3H2,1H3;;3*1H/q;+3;;;/p-3. The normalized spacial score (nSPS) is 2.57. The summed E-state index contributed by atoms with van der Waals surface area (Å²) in [6.45, 7) is 2.65. The van der Waals surface area contributed by atoms with Gasteiger partial charge in [0.15, 0.2) is 0 Å². The first-order chi connectivity index (χ1) is 1.41. The van der Waals surface area contributed by atoms with Crippen molar-refractivity contribution in [2.24, 2.45) is 5.73 Å². The van der Waals surface area contributed by atoms with Crippen molar-refractivity contribution in [1.29, 1.82) is 0 Å². The van der Waals surface area contributed by atoms with Crippen LogP contribution in [0.3, 0.4) is 0 Å². The van der Waals surface area contributed by atoms with Crippen molar-refractivity contribution in [2.75, 3.05) is 6.54 Å². The van der Waals surface area contributed by atoms with Gasteiger partial charge in [-0.25, -0.2) is 0 Å². The minimum atomic E-state index is 0. The molecular weight excluding hydrogens is 155 g/mol. The van der Waals surface area contributed by atoms with Gasteiger partial charge in [-0.15, -0.1) is 0 Å². The first-order valence-corrected chi connectivity index (χ1v) is 1.12. The fourth-order valence-electron chi connectivity index (χ4n) is 0. The second-order valence-electron chi connectivity index (χ2n) is 0.408. The largest absolute Gasteiger partial charge is 3.00 e. The molecule has 5 heteroatoms. The molecule has 0 aromatic rings. The van der Waals surface area contributed by atoms with Crippen LogP contribution in [0.2, 0.25) is 0 Å². The summed E-state index contributed by atoms with van der Waals surface area (Å²) in [5.41, 5.74) is 4.85. The zero-order valence-corrected chi connectivity index (χ0v) is 6.26. The van der Waals surface area contributed by atoms with Gasteiger partial charge in [-0.1, -0.05) is 6.92 Å². The summed E-state index contributed by atoms with van der Waals surface area (Å²) < 4.78 is 0. The molecule has 0 radical (unpaired) electrons. The van der Waals surface area contributed by atoms with Gasteiger partial charge in [-0.2, -0.15) is 0 Å². The molecule has 0 aliphatic carbocycles. The van der Waals surface area contributed by atoms with Gasteiger partial charge in [-0.05, 0) is 6.54 Å². The summed E-state index contributed by atoms with van der Waals surface area (Å²) in [6.07, 6.45) is 0. The Balaban J connectivity index is -0.00000000333. The van der Waals surface area contributed by atoms with Crippen LogP contribution < -0.4 is 43.0 Å². The van der Waals surface area contributed by atoms with Crippen molar-refractivity contribution in [2.45, 2.75) is 6.92 Å². The van der Waals surface area contributed by atoms with E-state index in [9.17, 15) is 0 Å². The van der Waals surface area contributed by atoms with Crippen molar-refractivity contribution in [3.63, 3.8) is 0 Å². The topological polar surface area (TPSA) is 26.0 Å². The number of nitrogens with two attached hydrogens (primary N) is 1. The van der Waals surface area contributed by atoms with Gasteiger partial charge < -0.3 is 43.0 Å². The quantitative estimate of drug-likeness (QED) is 0.352. The maximum atomic E-state index is 4.85. The number of hydrogen-bond acceptors (Lipinski definition) is 1. The molecule has 0 atom stereocenters. The maximum Gasteiger partial charge on any atom is 3.00 e. The SMILES string of the molecule is CCN.[B+3].[Cl-].[Cl-].[Cl-]. The monoisotopic (exact) mass is 161 g/mol. The molecule has 0 aromatic heterocycles. The molecular formula is C2H7BCl3N. The van der Waals surface area contributed by atoms with Crippen molar-refractivity contribution in [3.8, 4) is 0 Å². The summed E-state index contributed by atoms with van der Waals surface area (Å²) >= 11 is 0. The van der Waals surface area contributed by atoms with Gasteiger partial charge in [0.25, 0.3) is 0 Å². The summed E-state index contributed by atoms with van der Waals surface area (Å²) in [5, 5.41) is 0. The van der Waals surface area contributed by atoms with Crippen LogP contribution >= 0.6 is 0 Å². The van der Waals surface area contributed by atoms with E-state index in [1.165, 1.54) is 0 Å². The Bertz CT molecular complexity index is 12.9. The van der Waals surface area contributed by atoms with Gasteiger partial charge >= 0.3 is 8.41 Å². The second kappa shape index (κ2) is 66.7. The molecule has 44 valence electrons. The third-order valence-electron chi connectivity index (χ3n) is 0. The van der Waals surface area contributed by atoms with Crippen molar-refractivity contribution >= 4 is 8.41 Å². The van der Waals surface area contributed by atoms with Crippen molar-refractivity contribution < 1.29 is 37.2 Å². The van der Waals surface area contributed by atoms with Gasteiger partial charge in [0.05, 0.1) is 0 Å². The zero-order chi connectivity index (χ0) is 2.71. The molecule has 0 rings (SSSR count). The third kappa shape index (κ3) is 206. The molecule has 0 aromatic carbocycles. The van der Waals surface area contributed by atoms with E-state index < -0.39 is 0 Å². The fourth-order valence-corrected chi connectivity index (χ4v) is 0. The first-order valence-electron chi connectivity index (χ1n) is 1.12. The van der Waals surface area contributed by atoms with Gasteiger partial charge in [0, 0.05) is 0 Å². The molecule has 7 heavy (non-hydrogen) atoms. The summed E-state index contributed by atoms with van der Waals surface area (Å²) in [4.78, 5) is 0. The Hall–Kier alpha value is 0.895. The molecule has 0 spiro atoms. The molecule has 0 unspecified atom stereocenters. The summed E-state index contributed by atoms with van der Waals surface area (Å²) in [5.74, 6) is 0. The van der Waals surface area contributed by atoms with E-state index in [2.05, 4.69) is 0 Å². The Kier molecular flexibility index (Phi) is 427. The van der Waals surface area contributed by atoms with E-state index in [1.54, 1.807) is 0 Å². The van der Waals surface area contributed by atoms with Crippen molar-refractivity contribution in [1.82, 2.24) is 0 Å². The Morgan fingerprint density at radius 1 is 1.14 bits per heavy atom. The fraction of sp³-hybridized carbons (Fsp3) is 1.00. The smallest absolute Gasteiger partial charge is 1.00 e. The van der Waals surface area contributed by atoms with Crippen LogP contribution in [0.25, 0.3) is 0 Å². The number of halogens is 3. The predicted octanol–water partition coefficient (Wildman–Crippen LogP) is -9.40. The summed E-state index contributed by atoms with van der Waals surface area (Å²) in [6, 6.07) is 0. The molecule has 0 amide bonds. The molecule has 1 nitrogen and oxygen atoms in total. The molecule has 0 saturated carbocycles. The minimum Gasteiger partial charge on any atom is -1.00 e.